The van der Waals surface area contributed by atoms with E-state index in [2.05, 4.69) is 33.8 Å². The molecule has 3 saturated carbocycles. The van der Waals surface area contributed by atoms with Gasteiger partial charge < -0.3 is 10.8 Å². The highest BCUT2D eigenvalue weighted by atomic mass is 35.5. The molecule has 4 aliphatic carbocycles. The molecule has 184 valence electrons. The molecule has 0 radical (unpaired) electrons. The number of nitrogens with two attached hydrogens (primary N) is 1. The lowest BCUT2D eigenvalue weighted by molar-refractivity contribution is -0.118. The third-order valence-electron chi connectivity index (χ3n) is 10.7. The maximum Gasteiger partial charge on any atom is 0.217 e. The zero-order valence-corrected chi connectivity index (χ0v) is 21.8. The predicted molar refractivity (Wildman–Crippen MR) is 134 cm³/mol. The third-order valence-corrected chi connectivity index (χ3v) is 10.7. The molecule has 4 heteroatoms. The molecule has 3 N–H and O–H groups in total. The maximum absolute atomic E-state index is 11.2. The number of carbonyl (C=O) groups is 1. The van der Waals surface area contributed by atoms with Gasteiger partial charge in [-0.3, -0.25) is 4.79 Å². The second-order valence-electron chi connectivity index (χ2n) is 12.6. The van der Waals surface area contributed by atoms with E-state index < -0.39 is 0 Å². The molecule has 4 rings (SSSR count). The van der Waals surface area contributed by atoms with Crippen molar-refractivity contribution >= 4 is 18.3 Å². The Morgan fingerprint density at radius 1 is 1.12 bits per heavy atom. The van der Waals surface area contributed by atoms with Crippen LogP contribution in [0.3, 0.4) is 0 Å². The molecular formula is C28H48ClNO2. The summed E-state index contributed by atoms with van der Waals surface area (Å²) in [6.07, 6.45) is 16.6. The summed E-state index contributed by atoms with van der Waals surface area (Å²) in [6, 6.07) is 0. The molecule has 9 atom stereocenters. The standard InChI is InChI=1S/C28H47NO2.ClH/c1-18(16-26(29)31)6-5-7-19(2)23-10-11-24-22-9-8-20-17-21(30)12-14-27(20,3)25(22)13-15-28(23,24)4;/h8,18-19,21-25,30H,5-7,9-17H2,1-4H3,(H2,29,31);1H/t18?,19?,21-,22-,23+,24-,25-,27-,28+;/m0./s1. The zero-order chi connectivity index (χ0) is 22.4. The molecule has 3 nitrogen and oxygen atoms in total. The molecule has 3 fully saturated rings. The minimum Gasteiger partial charge on any atom is -0.393 e. The van der Waals surface area contributed by atoms with E-state index in [4.69, 9.17) is 5.73 Å². The number of hydrogen-bond acceptors (Lipinski definition) is 2. The van der Waals surface area contributed by atoms with Gasteiger partial charge in [0.2, 0.25) is 5.91 Å². The Balaban J connectivity index is 0.00000289. The van der Waals surface area contributed by atoms with Crippen LogP contribution in [0.1, 0.15) is 105 Å². The van der Waals surface area contributed by atoms with Gasteiger partial charge in [0.1, 0.15) is 0 Å². The first-order valence-electron chi connectivity index (χ1n) is 13.3. The summed E-state index contributed by atoms with van der Waals surface area (Å²) in [5.74, 6) is 4.48. The number of aliphatic hydroxyl groups excluding tert-OH is 1. The van der Waals surface area contributed by atoms with Crippen LogP contribution < -0.4 is 5.73 Å². The highest BCUT2D eigenvalue weighted by Gasteiger charge is 2.59. The topological polar surface area (TPSA) is 63.3 Å². The van der Waals surface area contributed by atoms with Crippen LogP contribution in [-0.2, 0) is 4.79 Å². The van der Waals surface area contributed by atoms with Crippen molar-refractivity contribution < 1.29 is 9.90 Å². The van der Waals surface area contributed by atoms with Gasteiger partial charge in [-0.25, -0.2) is 0 Å². The summed E-state index contributed by atoms with van der Waals surface area (Å²) < 4.78 is 0. The van der Waals surface area contributed by atoms with E-state index in [1.165, 1.54) is 51.4 Å². The number of halogens is 1. The first-order valence-corrected chi connectivity index (χ1v) is 13.3. The minimum absolute atomic E-state index is 0. The number of allylic oxidation sites excluding steroid dienone is 1. The number of rotatable bonds is 7. The van der Waals surface area contributed by atoms with Crippen molar-refractivity contribution in [2.45, 2.75) is 111 Å². The fraction of sp³-hybridized carbons (Fsp3) is 0.893. The van der Waals surface area contributed by atoms with Gasteiger partial charge in [0, 0.05) is 6.42 Å². The molecule has 0 heterocycles. The van der Waals surface area contributed by atoms with Crippen molar-refractivity contribution in [1.82, 2.24) is 0 Å². The van der Waals surface area contributed by atoms with E-state index in [-0.39, 0.29) is 24.4 Å². The summed E-state index contributed by atoms with van der Waals surface area (Å²) in [5, 5.41) is 10.2. The Hall–Kier alpha value is -0.540. The smallest absolute Gasteiger partial charge is 0.217 e. The van der Waals surface area contributed by atoms with Gasteiger partial charge >= 0.3 is 0 Å². The summed E-state index contributed by atoms with van der Waals surface area (Å²) in [5.41, 5.74) is 7.82. The van der Waals surface area contributed by atoms with Gasteiger partial charge in [0.15, 0.2) is 0 Å². The summed E-state index contributed by atoms with van der Waals surface area (Å²) >= 11 is 0. The highest BCUT2D eigenvalue weighted by molar-refractivity contribution is 5.85. The largest absolute Gasteiger partial charge is 0.393 e. The fourth-order valence-corrected chi connectivity index (χ4v) is 9.05. The molecule has 0 aromatic heterocycles. The first-order chi connectivity index (χ1) is 14.6. The van der Waals surface area contributed by atoms with Crippen LogP contribution in [0.4, 0.5) is 0 Å². The van der Waals surface area contributed by atoms with E-state index in [0.717, 1.165) is 48.9 Å². The lowest BCUT2D eigenvalue weighted by atomic mass is 9.47. The van der Waals surface area contributed by atoms with Crippen molar-refractivity contribution in [1.29, 1.82) is 0 Å². The maximum atomic E-state index is 11.2. The molecule has 4 aliphatic rings. The van der Waals surface area contributed by atoms with Crippen LogP contribution in [0.15, 0.2) is 11.6 Å². The van der Waals surface area contributed by atoms with Gasteiger partial charge in [-0.1, -0.05) is 58.6 Å². The molecule has 0 aromatic rings. The lowest BCUT2D eigenvalue weighted by Gasteiger charge is -2.58. The van der Waals surface area contributed by atoms with Crippen LogP contribution in [0.25, 0.3) is 0 Å². The van der Waals surface area contributed by atoms with Crippen molar-refractivity contribution in [3.63, 3.8) is 0 Å². The van der Waals surface area contributed by atoms with Crippen molar-refractivity contribution in [2.75, 3.05) is 0 Å². The van der Waals surface area contributed by atoms with Crippen molar-refractivity contribution in [2.24, 2.45) is 52.1 Å². The highest BCUT2D eigenvalue weighted by Crippen LogP contribution is 2.67. The Bertz CT molecular complexity index is 708. The second kappa shape index (κ2) is 9.98. The average molecular weight is 466 g/mol. The monoisotopic (exact) mass is 465 g/mol. The van der Waals surface area contributed by atoms with Gasteiger partial charge in [0.25, 0.3) is 0 Å². The molecule has 0 aromatic carbocycles. The van der Waals surface area contributed by atoms with Gasteiger partial charge in [-0.15, -0.1) is 12.4 Å². The van der Waals surface area contributed by atoms with Gasteiger partial charge in [0.05, 0.1) is 6.10 Å². The second-order valence-corrected chi connectivity index (χ2v) is 12.6. The first kappa shape index (κ1) is 26.1. The molecule has 1 amide bonds. The molecule has 0 bridgehead atoms. The quantitative estimate of drug-likeness (QED) is 0.412. The van der Waals surface area contributed by atoms with Gasteiger partial charge in [-0.2, -0.15) is 0 Å². The van der Waals surface area contributed by atoms with Crippen molar-refractivity contribution in [3.8, 4) is 0 Å². The van der Waals surface area contributed by atoms with Crippen LogP contribution in [0.2, 0.25) is 0 Å². The molecule has 2 unspecified atom stereocenters. The van der Waals surface area contributed by atoms with E-state index in [1.807, 2.05) is 0 Å². The fourth-order valence-electron chi connectivity index (χ4n) is 9.05. The molecule has 0 aliphatic heterocycles. The Morgan fingerprint density at radius 3 is 2.59 bits per heavy atom. The lowest BCUT2D eigenvalue weighted by Crippen LogP contribution is -2.50. The van der Waals surface area contributed by atoms with E-state index in [1.54, 1.807) is 5.57 Å². The summed E-state index contributed by atoms with van der Waals surface area (Å²) in [4.78, 5) is 11.2. The minimum atomic E-state index is -0.158. The van der Waals surface area contributed by atoms with Crippen LogP contribution in [0.5, 0.6) is 0 Å². The number of fused-ring (bicyclic) bond motifs is 5. The Kier molecular flexibility index (Phi) is 8.13. The normalized spacial score (nSPS) is 42.5. The molecule has 0 spiro atoms. The SMILES string of the molecule is CC(CCCC(C)[C@H]1CC[C@H]2[C@@H]3CC=C4C[C@@H](O)CC[C@]4(C)[C@H]3CC[C@]12C)CC(N)=O.Cl. The number of primary amides is 1. The number of carbonyl (C=O) groups excluding carboxylic acids is 1. The van der Waals surface area contributed by atoms with E-state index in [0.29, 0.717) is 23.2 Å². The summed E-state index contributed by atoms with van der Waals surface area (Å²) in [6.45, 7) is 9.85. The van der Waals surface area contributed by atoms with Crippen LogP contribution in [-0.4, -0.2) is 17.1 Å². The number of aliphatic hydroxyl groups is 1. The third kappa shape index (κ3) is 4.67. The van der Waals surface area contributed by atoms with E-state index in [9.17, 15) is 9.90 Å². The van der Waals surface area contributed by atoms with Gasteiger partial charge in [-0.05, 0) is 97.7 Å². The molecular weight excluding hydrogens is 418 g/mol. The Labute approximate surface area is 202 Å². The predicted octanol–water partition coefficient (Wildman–Crippen LogP) is 6.67. The molecule has 0 saturated heterocycles. The number of amides is 1. The van der Waals surface area contributed by atoms with Crippen LogP contribution >= 0.6 is 12.4 Å². The van der Waals surface area contributed by atoms with Crippen molar-refractivity contribution in [3.05, 3.63) is 11.6 Å². The van der Waals surface area contributed by atoms with E-state index >= 15 is 0 Å². The zero-order valence-electron chi connectivity index (χ0n) is 20.9. The average Bonchev–Trinajstić information content (AvgIpc) is 3.05. The Morgan fingerprint density at radius 2 is 1.88 bits per heavy atom. The van der Waals surface area contributed by atoms with Crippen LogP contribution in [0, 0.1) is 46.3 Å². The summed E-state index contributed by atoms with van der Waals surface area (Å²) in [7, 11) is 0. The molecule has 32 heavy (non-hydrogen) atoms. The number of hydrogen-bond donors (Lipinski definition) is 2.